The van der Waals surface area contributed by atoms with Gasteiger partial charge in [0, 0.05) is 57.0 Å². The normalized spacial score (nSPS) is 31.1. The lowest BCUT2D eigenvalue weighted by atomic mass is 10.2. The molecule has 3 fully saturated rings. The Labute approximate surface area is 158 Å². The quantitative estimate of drug-likeness (QED) is 0.673. The molecule has 0 bridgehead atoms. The Morgan fingerprint density at radius 3 is 2.89 bits per heavy atom. The summed E-state index contributed by atoms with van der Waals surface area (Å²) in [6, 6.07) is -0.170. The van der Waals surface area contributed by atoms with E-state index in [1.165, 1.54) is 0 Å². The monoisotopic (exact) mass is 377 g/mol. The second kappa shape index (κ2) is 7.95. The van der Waals surface area contributed by atoms with Crippen LogP contribution < -0.4 is 5.32 Å². The van der Waals surface area contributed by atoms with Crippen molar-refractivity contribution in [3.05, 3.63) is 18.2 Å². The summed E-state index contributed by atoms with van der Waals surface area (Å²) in [4.78, 5) is 36.3. The maximum atomic E-state index is 12.8. The van der Waals surface area contributed by atoms with Gasteiger partial charge in [-0.3, -0.25) is 14.5 Å². The third-order valence-electron chi connectivity index (χ3n) is 5.72. The molecule has 3 heterocycles. The molecule has 1 aromatic rings. The van der Waals surface area contributed by atoms with Crippen LogP contribution in [0.5, 0.6) is 0 Å². The predicted octanol–water partition coefficient (Wildman–Crippen LogP) is -0.813. The lowest BCUT2D eigenvalue weighted by Gasteiger charge is -2.27. The molecular formula is C18H27N5O4. The summed E-state index contributed by atoms with van der Waals surface area (Å²) in [7, 11) is 1.63. The Hall–Kier alpha value is -1.97. The highest BCUT2D eigenvalue weighted by molar-refractivity contribution is 5.83. The van der Waals surface area contributed by atoms with Crippen molar-refractivity contribution in [3.8, 4) is 0 Å². The lowest BCUT2D eigenvalue weighted by molar-refractivity contribution is -0.132. The fourth-order valence-electron chi connectivity index (χ4n) is 4.06. The smallest absolute Gasteiger partial charge is 0.234 e. The number of ether oxygens (including phenoxy) is 2. The summed E-state index contributed by atoms with van der Waals surface area (Å²) >= 11 is 0. The van der Waals surface area contributed by atoms with Crippen molar-refractivity contribution in [1.29, 1.82) is 0 Å². The molecule has 0 aromatic carbocycles. The minimum Gasteiger partial charge on any atom is -0.379 e. The number of methoxy groups -OCH3 is 1. The number of H-pyrrole nitrogens is 1. The summed E-state index contributed by atoms with van der Waals surface area (Å²) in [5, 5.41) is 3.05. The number of hydrogen-bond acceptors (Lipinski definition) is 6. The van der Waals surface area contributed by atoms with Crippen LogP contribution in [0.3, 0.4) is 0 Å². The molecule has 0 radical (unpaired) electrons. The minimum atomic E-state index is -0.174. The standard InChI is InChI=1S/C18H27N5O4/c1-26-16-9-23(18(25)13-6-12(13)14-7-19-11-20-14)8-15(16)21-17(24)10-22-2-4-27-5-3-22/h7,11-13,15-16H,2-6,8-10H2,1H3,(H,19,20)(H,21,24)/t12-,13-,15-,16-/m1/s1. The molecule has 2 saturated heterocycles. The van der Waals surface area contributed by atoms with Crippen LogP contribution in [0.25, 0.3) is 0 Å². The number of nitrogens with zero attached hydrogens (tertiary/aromatic N) is 3. The number of imidazole rings is 1. The van der Waals surface area contributed by atoms with Gasteiger partial charge in [-0.25, -0.2) is 4.98 Å². The molecule has 4 atom stereocenters. The van der Waals surface area contributed by atoms with Gasteiger partial charge in [0.15, 0.2) is 0 Å². The summed E-state index contributed by atoms with van der Waals surface area (Å²) in [6.45, 7) is 4.24. The molecule has 9 nitrogen and oxygen atoms in total. The van der Waals surface area contributed by atoms with Gasteiger partial charge in [-0.15, -0.1) is 0 Å². The van der Waals surface area contributed by atoms with Crippen LogP contribution in [0.4, 0.5) is 0 Å². The van der Waals surface area contributed by atoms with Crippen LogP contribution in [-0.2, 0) is 19.1 Å². The Bertz CT molecular complexity index is 661. The molecule has 2 aliphatic heterocycles. The first-order valence-electron chi connectivity index (χ1n) is 9.55. The average molecular weight is 377 g/mol. The van der Waals surface area contributed by atoms with Gasteiger partial charge in [0.1, 0.15) is 0 Å². The van der Waals surface area contributed by atoms with Gasteiger partial charge >= 0.3 is 0 Å². The van der Waals surface area contributed by atoms with Crippen molar-refractivity contribution in [1.82, 2.24) is 25.1 Å². The molecule has 2 amide bonds. The van der Waals surface area contributed by atoms with E-state index in [2.05, 4.69) is 20.2 Å². The topological polar surface area (TPSA) is 99.8 Å². The first kappa shape index (κ1) is 18.4. The van der Waals surface area contributed by atoms with E-state index in [-0.39, 0.29) is 35.8 Å². The van der Waals surface area contributed by atoms with Gasteiger partial charge in [0.05, 0.1) is 38.2 Å². The fraction of sp³-hybridized carbons (Fsp3) is 0.722. The van der Waals surface area contributed by atoms with Crippen LogP contribution in [0.15, 0.2) is 12.5 Å². The third-order valence-corrected chi connectivity index (χ3v) is 5.72. The number of nitrogens with one attached hydrogen (secondary N) is 2. The number of carbonyl (C=O) groups excluding carboxylic acids is 2. The van der Waals surface area contributed by atoms with Crippen molar-refractivity contribution < 1.29 is 19.1 Å². The molecule has 0 spiro atoms. The summed E-state index contributed by atoms with van der Waals surface area (Å²) in [6.07, 6.45) is 4.11. The SMILES string of the molecule is CO[C@@H]1CN(C(=O)[C@@H]2C[C@H]2c2cnc[nH]2)C[C@H]1NC(=O)CN1CCOCC1. The third kappa shape index (κ3) is 4.15. The maximum Gasteiger partial charge on any atom is 0.234 e. The molecule has 27 heavy (non-hydrogen) atoms. The van der Waals surface area contributed by atoms with E-state index in [0.29, 0.717) is 32.8 Å². The van der Waals surface area contributed by atoms with Gasteiger partial charge in [-0.1, -0.05) is 0 Å². The second-order valence-corrected chi connectivity index (χ2v) is 7.54. The van der Waals surface area contributed by atoms with E-state index in [1.54, 1.807) is 19.6 Å². The van der Waals surface area contributed by atoms with E-state index >= 15 is 0 Å². The zero-order valence-corrected chi connectivity index (χ0v) is 15.6. The number of aromatic nitrogens is 2. The van der Waals surface area contributed by atoms with Crippen molar-refractivity contribution in [3.63, 3.8) is 0 Å². The van der Waals surface area contributed by atoms with E-state index in [9.17, 15) is 9.59 Å². The number of likely N-dealkylation sites (tertiary alicyclic amines) is 1. The number of carbonyl (C=O) groups is 2. The van der Waals surface area contributed by atoms with Gasteiger partial charge in [0.25, 0.3) is 0 Å². The van der Waals surface area contributed by atoms with E-state index < -0.39 is 0 Å². The molecule has 1 aliphatic carbocycles. The lowest BCUT2D eigenvalue weighted by Crippen LogP contribution is -2.49. The maximum absolute atomic E-state index is 12.8. The molecule has 4 rings (SSSR count). The zero-order valence-electron chi connectivity index (χ0n) is 15.6. The Kier molecular flexibility index (Phi) is 5.42. The zero-order chi connectivity index (χ0) is 18.8. The molecule has 9 heteroatoms. The highest BCUT2D eigenvalue weighted by atomic mass is 16.5. The van der Waals surface area contributed by atoms with Crippen molar-refractivity contribution >= 4 is 11.8 Å². The molecule has 0 unspecified atom stereocenters. The van der Waals surface area contributed by atoms with Crippen molar-refractivity contribution in [2.24, 2.45) is 5.92 Å². The number of morpholine rings is 1. The second-order valence-electron chi connectivity index (χ2n) is 7.54. The number of amides is 2. The molecule has 3 aliphatic rings. The first-order valence-corrected chi connectivity index (χ1v) is 9.55. The molecule has 148 valence electrons. The van der Waals surface area contributed by atoms with E-state index in [4.69, 9.17) is 9.47 Å². The first-order chi connectivity index (χ1) is 13.2. The van der Waals surface area contributed by atoms with Crippen LogP contribution in [0, 0.1) is 5.92 Å². The number of rotatable bonds is 6. The van der Waals surface area contributed by atoms with E-state index in [1.807, 2.05) is 4.90 Å². The van der Waals surface area contributed by atoms with Crippen molar-refractivity contribution in [2.75, 3.05) is 53.0 Å². The van der Waals surface area contributed by atoms with Gasteiger partial charge in [-0.2, -0.15) is 0 Å². The Balaban J connectivity index is 1.29. The largest absolute Gasteiger partial charge is 0.379 e. The summed E-state index contributed by atoms with van der Waals surface area (Å²) < 4.78 is 10.8. The van der Waals surface area contributed by atoms with Crippen LogP contribution >= 0.6 is 0 Å². The fourth-order valence-corrected chi connectivity index (χ4v) is 4.06. The predicted molar refractivity (Wildman–Crippen MR) is 96.0 cm³/mol. The molecule has 1 aromatic heterocycles. The van der Waals surface area contributed by atoms with Crippen LogP contribution in [0.1, 0.15) is 18.0 Å². The Morgan fingerprint density at radius 1 is 1.37 bits per heavy atom. The van der Waals surface area contributed by atoms with Gasteiger partial charge in [-0.05, 0) is 6.42 Å². The number of aromatic amines is 1. The highest BCUT2D eigenvalue weighted by Gasteiger charge is 2.49. The van der Waals surface area contributed by atoms with Crippen LogP contribution in [0.2, 0.25) is 0 Å². The molecule has 2 N–H and O–H groups in total. The number of hydrogen-bond donors (Lipinski definition) is 2. The van der Waals surface area contributed by atoms with Crippen molar-refractivity contribution in [2.45, 2.75) is 24.5 Å². The Morgan fingerprint density at radius 2 is 2.19 bits per heavy atom. The minimum absolute atomic E-state index is 0.00533. The molecular weight excluding hydrogens is 350 g/mol. The van der Waals surface area contributed by atoms with Gasteiger partial charge < -0.3 is 24.7 Å². The molecule has 1 saturated carbocycles. The van der Waals surface area contributed by atoms with Crippen LogP contribution in [-0.4, -0.2) is 96.8 Å². The summed E-state index contributed by atoms with van der Waals surface area (Å²) in [5.41, 5.74) is 1.02. The van der Waals surface area contributed by atoms with Gasteiger partial charge in [0.2, 0.25) is 11.8 Å². The highest BCUT2D eigenvalue weighted by Crippen LogP contribution is 2.47. The summed E-state index contributed by atoms with van der Waals surface area (Å²) in [5.74, 6) is 0.350. The van der Waals surface area contributed by atoms with E-state index in [0.717, 1.165) is 25.2 Å². The average Bonchev–Trinajstić information content (AvgIpc) is 3.09.